The summed E-state index contributed by atoms with van der Waals surface area (Å²) in [5.74, 6) is -2.45. The van der Waals surface area contributed by atoms with E-state index >= 15 is 0 Å². The molecule has 15 heteroatoms. The smallest absolute Gasteiger partial charge is 0.230 e. The van der Waals surface area contributed by atoms with Crippen LogP contribution < -0.4 is 35.8 Å². The van der Waals surface area contributed by atoms with Gasteiger partial charge in [0.25, 0.3) is 0 Å². The maximum atomic E-state index is 14.8. The van der Waals surface area contributed by atoms with Crippen LogP contribution in [-0.2, 0) is 19.2 Å². The molecule has 8 rings (SSSR count). The number of carbonyl (C=O) groups is 4. The van der Waals surface area contributed by atoms with Crippen molar-refractivity contribution in [1.82, 2.24) is 0 Å². The fourth-order valence-corrected chi connectivity index (χ4v) is 9.54. The van der Waals surface area contributed by atoms with Crippen LogP contribution in [0.1, 0.15) is 88.2 Å². The Morgan fingerprint density at radius 1 is 0.614 bits per heavy atom. The second-order valence-corrected chi connectivity index (χ2v) is 17.6. The van der Waals surface area contributed by atoms with Gasteiger partial charge in [0.15, 0.2) is 0 Å². The van der Waals surface area contributed by atoms with Gasteiger partial charge in [0.1, 0.15) is 35.1 Å². The molecule has 13 nitrogen and oxygen atoms in total. The van der Waals surface area contributed by atoms with Crippen molar-refractivity contribution < 1.29 is 32.7 Å². The van der Waals surface area contributed by atoms with Crippen molar-refractivity contribution in [3.63, 3.8) is 0 Å². The van der Waals surface area contributed by atoms with Crippen LogP contribution in [-0.4, -0.2) is 42.3 Å². The fourth-order valence-electron chi connectivity index (χ4n) is 9.54. The number of benzene rings is 6. The van der Waals surface area contributed by atoms with Crippen LogP contribution in [0.3, 0.4) is 0 Å². The Bertz CT molecular complexity index is 3120. The molecule has 4 N–H and O–H groups in total. The van der Waals surface area contributed by atoms with Crippen LogP contribution in [0.2, 0.25) is 0 Å². The van der Waals surface area contributed by atoms with E-state index in [1.807, 2.05) is 92.7 Å². The summed E-state index contributed by atoms with van der Waals surface area (Å²) in [7, 11) is 0. The van der Waals surface area contributed by atoms with E-state index in [0.717, 1.165) is 45.6 Å². The molecule has 0 saturated heterocycles. The first-order chi connectivity index (χ1) is 33.6. The molecule has 0 bridgehead atoms. The summed E-state index contributed by atoms with van der Waals surface area (Å²) < 4.78 is 35.8. The molecule has 0 radical (unpaired) electrons. The first kappa shape index (κ1) is 47.9. The largest absolute Gasteiger partial charge is 0.492 e. The first-order valence-corrected chi connectivity index (χ1v) is 22.9. The van der Waals surface area contributed by atoms with E-state index in [1.54, 1.807) is 47.1 Å². The third-order valence-corrected chi connectivity index (χ3v) is 12.5. The van der Waals surface area contributed by atoms with Crippen LogP contribution in [0, 0.1) is 34.3 Å². The quantitative estimate of drug-likeness (QED) is 0.0929. The number of nitriles is 2. The minimum atomic E-state index is -0.997. The van der Waals surface area contributed by atoms with Gasteiger partial charge in [-0.15, -0.1) is 0 Å². The average molecular weight is 941 g/mol. The molecule has 0 fully saturated rings. The molecule has 0 aromatic heterocycles. The summed E-state index contributed by atoms with van der Waals surface area (Å²) in [6.07, 6.45) is 0.866. The molecule has 4 amide bonds. The Morgan fingerprint density at radius 3 is 1.64 bits per heavy atom. The number of hydrogen-bond donors (Lipinski definition) is 4. The summed E-state index contributed by atoms with van der Waals surface area (Å²) in [4.78, 5) is 54.4. The monoisotopic (exact) mass is 940 g/mol. The van der Waals surface area contributed by atoms with Crippen LogP contribution in [0.15, 0.2) is 115 Å². The van der Waals surface area contributed by atoms with Crippen molar-refractivity contribution in [2.24, 2.45) is 0 Å². The number of nitrogens with zero attached hydrogens (tertiary/aromatic N) is 4. The Kier molecular flexibility index (Phi) is 13.9. The Hall–Kier alpha value is -8.56. The van der Waals surface area contributed by atoms with Gasteiger partial charge in [0.2, 0.25) is 23.6 Å². The van der Waals surface area contributed by atoms with Gasteiger partial charge in [0, 0.05) is 73.0 Å². The average Bonchev–Trinajstić information content (AvgIpc) is 3.31. The van der Waals surface area contributed by atoms with Crippen LogP contribution in [0.4, 0.5) is 42.9 Å². The van der Waals surface area contributed by atoms with E-state index in [0.29, 0.717) is 41.2 Å². The number of halogens is 2. The zero-order valence-electron chi connectivity index (χ0n) is 39.2. The molecule has 0 spiro atoms. The summed E-state index contributed by atoms with van der Waals surface area (Å²) in [6, 6.07) is 36.2. The molecule has 0 saturated carbocycles. The number of hydrogen-bond acceptors (Lipinski definition) is 9. The number of rotatable bonds is 12. The lowest BCUT2D eigenvalue weighted by Crippen LogP contribution is -2.44. The zero-order chi connectivity index (χ0) is 49.8. The summed E-state index contributed by atoms with van der Waals surface area (Å²) in [5.41, 5.74) is 7.91. The van der Waals surface area contributed by atoms with Gasteiger partial charge in [-0.05, 0) is 133 Å². The molecule has 354 valence electrons. The number of amides is 4. The third kappa shape index (κ3) is 10.3. The summed E-state index contributed by atoms with van der Waals surface area (Å²) >= 11 is 0. The number of anilines is 6. The van der Waals surface area contributed by atoms with Crippen molar-refractivity contribution in [2.75, 3.05) is 37.7 Å². The third-order valence-electron chi connectivity index (χ3n) is 12.5. The molecule has 6 aromatic carbocycles. The predicted octanol–water partition coefficient (Wildman–Crippen LogP) is 11.0. The Morgan fingerprint density at radius 2 is 1.13 bits per heavy atom. The highest BCUT2D eigenvalue weighted by molar-refractivity contribution is 5.97. The van der Waals surface area contributed by atoms with Gasteiger partial charge in [-0.25, -0.2) is 8.78 Å². The number of nitrogens with one attached hydrogen (secondary N) is 4. The minimum absolute atomic E-state index is 0.0583. The lowest BCUT2D eigenvalue weighted by atomic mass is 9.88. The van der Waals surface area contributed by atoms with Gasteiger partial charge in [-0.3, -0.25) is 19.2 Å². The summed E-state index contributed by atoms with van der Waals surface area (Å²) in [6.45, 7) is 8.24. The second-order valence-electron chi connectivity index (χ2n) is 17.6. The molecule has 4 atom stereocenters. The fraction of sp³-hybridized carbons (Fsp3) is 0.236. The topological polar surface area (TPSA) is 180 Å². The van der Waals surface area contributed by atoms with E-state index in [1.165, 1.54) is 13.8 Å². The van der Waals surface area contributed by atoms with E-state index in [2.05, 4.69) is 27.3 Å². The van der Waals surface area contributed by atoms with Gasteiger partial charge in [-0.1, -0.05) is 36.4 Å². The predicted molar refractivity (Wildman–Crippen MR) is 266 cm³/mol. The molecule has 70 heavy (non-hydrogen) atoms. The highest BCUT2D eigenvalue weighted by Crippen LogP contribution is 2.44. The number of fused-ring (bicyclic) bond motifs is 2. The maximum Gasteiger partial charge on any atom is 0.230 e. The maximum absolute atomic E-state index is 14.8. The highest BCUT2D eigenvalue weighted by Gasteiger charge is 2.35. The van der Waals surface area contributed by atoms with Crippen molar-refractivity contribution in [2.45, 2.75) is 78.0 Å². The van der Waals surface area contributed by atoms with Crippen LogP contribution in [0.5, 0.6) is 5.75 Å². The van der Waals surface area contributed by atoms with Crippen molar-refractivity contribution in [1.29, 1.82) is 10.5 Å². The van der Waals surface area contributed by atoms with Crippen LogP contribution >= 0.6 is 0 Å². The van der Waals surface area contributed by atoms with Crippen LogP contribution in [0.25, 0.3) is 22.3 Å². The molecular formula is C55H50F2N8O5. The number of carbonyl (C=O) groups excluding carboxylic acids is 4. The SMILES string of the molecule is CC(=O)Nc1cccc(-c2ccc3c(c2)[C@H](Nc2ccc(C#N)c(OCCC(=O)N4c5ccc(-c6cccc(NC(C)=O)c6)cc5[C@H](Nc5cc(F)c(C#N)c(F)c5)C[C@@H]4C)c2)C[C@H](C)N3C(C)=O)c1. The number of ether oxygens (including phenoxy) is 1. The molecule has 0 aliphatic carbocycles. The van der Waals surface area contributed by atoms with Gasteiger partial charge < -0.3 is 35.8 Å². The normalized spacial score (nSPS) is 16.9. The van der Waals surface area contributed by atoms with Crippen molar-refractivity contribution in [3.8, 4) is 40.1 Å². The highest BCUT2D eigenvalue weighted by atomic mass is 19.1. The second kappa shape index (κ2) is 20.3. The van der Waals surface area contributed by atoms with E-state index in [-0.39, 0.29) is 71.8 Å². The van der Waals surface area contributed by atoms with Crippen molar-refractivity contribution in [3.05, 3.63) is 149 Å². The Labute approximate surface area is 404 Å². The Balaban J connectivity index is 1.04. The minimum Gasteiger partial charge on any atom is -0.492 e. The molecule has 2 heterocycles. The molecule has 0 unspecified atom stereocenters. The standard InChI is InChI=1S/C55H50F2N8O5/c1-31-20-50(45-24-38(13-16-52(45)64(31)35(5)68)36-8-6-10-41(22-36)60-33(3)66)62-43-15-12-40(29-58)54(28-43)70-19-18-55(69)65-32(2)21-51(63-44-26-48(56)47(30-59)49(57)27-44)46-25-39(14-17-53(46)65)37-9-7-11-42(23-37)61-34(4)67/h6-17,22-28,31-32,50-51,62-63H,18-21H2,1-5H3,(H,60,66)(H,61,67)/t31-,32-,50+,51+/m0/s1. The van der Waals surface area contributed by atoms with Gasteiger partial charge in [0.05, 0.1) is 30.7 Å². The molecular weight excluding hydrogens is 891 g/mol. The van der Waals surface area contributed by atoms with E-state index < -0.39 is 23.2 Å². The molecule has 6 aromatic rings. The van der Waals surface area contributed by atoms with E-state index in [9.17, 15) is 38.5 Å². The zero-order valence-corrected chi connectivity index (χ0v) is 39.2. The molecule has 2 aliphatic rings. The lowest BCUT2D eigenvalue weighted by Gasteiger charge is -2.40. The van der Waals surface area contributed by atoms with Gasteiger partial charge >= 0.3 is 0 Å². The van der Waals surface area contributed by atoms with Gasteiger partial charge in [-0.2, -0.15) is 10.5 Å². The van der Waals surface area contributed by atoms with Crippen molar-refractivity contribution >= 4 is 57.8 Å². The molecule has 2 aliphatic heterocycles. The summed E-state index contributed by atoms with van der Waals surface area (Å²) in [5, 5.41) is 31.9. The van der Waals surface area contributed by atoms with E-state index in [4.69, 9.17) is 4.74 Å². The first-order valence-electron chi connectivity index (χ1n) is 22.9. The lowest BCUT2D eigenvalue weighted by molar-refractivity contribution is -0.120.